The van der Waals surface area contributed by atoms with Gasteiger partial charge in [-0.25, -0.2) is 4.21 Å². The molecular weight excluding hydrogens is 236 g/mol. The highest BCUT2D eigenvalue weighted by atomic mass is 32.2. The Labute approximate surface area is 104 Å². The van der Waals surface area contributed by atoms with Crippen LogP contribution in [0, 0.1) is 0 Å². The van der Waals surface area contributed by atoms with Crippen molar-refractivity contribution in [2.24, 2.45) is 10.1 Å². The Morgan fingerprint density at radius 3 is 2.76 bits per heavy atom. The molecule has 94 valence electrons. The highest BCUT2D eigenvalue weighted by Gasteiger charge is 2.07. The summed E-state index contributed by atoms with van der Waals surface area (Å²) in [6.07, 6.45) is 0.683. The van der Waals surface area contributed by atoms with Crippen LogP contribution in [0.15, 0.2) is 23.2 Å². The molecule has 1 atom stereocenters. The average Bonchev–Trinajstić information content (AvgIpc) is 2.34. The predicted octanol–water partition coefficient (Wildman–Crippen LogP) is 1.30. The predicted molar refractivity (Wildman–Crippen MR) is 72.0 cm³/mol. The van der Waals surface area contributed by atoms with E-state index in [0.29, 0.717) is 12.2 Å². The van der Waals surface area contributed by atoms with Gasteiger partial charge in [0.2, 0.25) is 0 Å². The zero-order valence-corrected chi connectivity index (χ0v) is 11.2. The summed E-state index contributed by atoms with van der Waals surface area (Å²) < 4.78 is 16.2. The van der Waals surface area contributed by atoms with Crippen molar-refractivity contribution in [2.75, 3.05) is 19.9 Å². The van der Waals surface area contributed by atoms with E-state index in [2.05, 4.69) is 4.99 Å². The molecule has 4 nitrogen and oxygen atoms in total. The van der Waals surface area contributed by atoms with Crippen molar-refractivity contribution in [3.8, 4) is 5.75 Å². The molecule has 1 aromatic carbocycles. The van der Waals surface area contributed by atoms with Gasteiger partial charge >= 0.3 is 0 Å². The SMILES string of the molecule is CN=C(C)c1ccc(CCS(N)=O)cc1OC. The summed E-state index contributed by atoms with van der Waals surface area (Å²) in [7, 11) is 2.13. The van der Waals surface area contributed by atoms with Crippen molar-refractivity contribution in [1.82, 2.24) is 0 Å². The van der Waals surface area contributed by atoms with Gasteiger partial charge in [-0.2, -0.15) is 0 Å². The monoisotopic (exact) mass is 254 g/mol. The number of nitrogens with zero attached hydrogens (tertiary/aromatic N) is 1. The third-order valence-electron chi connectivity index (χ3n) is 2.58. The normalized spacial score (nSPS) is 13.5. The Morgan fingerprint density at radius 1 is 1.53 bits per heavy atom. The molecule has 1 unspecified atom stereocenters. The smallest absolute Gasteiger partial charge is 0.128 e. The molecule has 1 rings (SSSR count). The molecule has 0 aliphatic rings. The van der Waals surface area contributed by atoms with E-state index in [1.807, 2.05) is 25.1 Å². The summed E-state index contributed by atoms with van der Waals surface area (Å²) in [5, 5.41) is 5.23. The van der Waals surface area contributed by atoms with Gasteiger partial charge in [0.05, 0.1) is 18.1 Å². The molecule has 0 aromatic heterocycles. The molecule has 0 aliphatic carbocycles. The van der Waals surface area contributed by atoms with Crippen LogP contribution >= 0.6 is 0 Å². The maximum Gasteiger partial charge on any atom is 0.128 e. The fourth-order valence-electron chi connectivity index (χ4n) is 1.53. The van der Waals surface area contributed by atoms with E-state index in [-0.39, 0.29) is 0 Å². The summed E-state index contributed by atoms with van der Waals surface area (Å²) in [5.41, 5.74) is 2.97. The van der Waals surface area contributed by atoms with Gasteiger partial charge < -0.3 is 4.74 Å². The summed E-state index contributed by atoms with van der Waals surface area (Å²) in [6, 6.07) is 5.90. The van der Waals surface area contributed by atoms with Crippen molar-refractivity contribution in [3.05, 3.63) is 29.3 Å². The minimum absolute atomic E-state index is 0.462. The van der Waals surface area contributed by atoms with E-state index in [4.69, 9.17) is 9.88 Å². The lowest BCUT2D eigenvalue weighted by atomic mass is 10.1. The van der Waals surface area contributed by atoms with Gasteiger partial charge in [0, 0.05) is 24.1 Å². The van der Waals surface area contributed by atoms with Crippen LogP contribution in [0.4, 0.5) is 0 Å². The Hall–Kier alpha value is -1.20. The van der Waals surface area contributed by atoms with Crippen LogP contribution in [0.3, 0.4) is 0 Å². The lowest BCUT2D eigenvalue weighted by molar-refractivity contribution is 0.413. The van der Waals surface area contributed by atoms with Crippen LogP contribution in [0.25, 0.3) is 0 Å². The van der Waals surface area contributed by atoms with Gasteiger partial charge in [-0.15, -0.1) is 0 Å². The number of hydrogen-bond acceptors (Lipinski definition) is 3. The quantitative estimate of drug-likeness (QED) is 0.805. The van der Waals surface area contributed by atoms with Crippen LogP contribution in [0.1, 0.15) is 18.1 Å². The van der Waals surface area contributed by atoms with Crippen LogP contribution in [0.2, 0.25) is 0 Å². The van der Waals surface area contributed by atoms with Gasteiger partial charge in [-0.3, -0.25) is 10.1 Å². The van der Waals surface area contributed by atoms with Gasteiger partial charge in [0.1, 0.15) is 5.75 Å². The number of benzene rings is 1. The van der Waals surface area contributed by atoms with Gasteiger partial charge in [-0.1, -0.05) is 6.07 Å². The topological polar surface area (TPSA) is 64.7 Å². The molecule has 0 spiro atoms. The first-order chi connectivity index (χ1) is 8.08. The maximum absolute atomic E-state index is 10.8. The van der Waals surface area contributed by atoms with Crippen molar-refractivity contribution in [2.45, 2.75) is 13.3 Å². The number of ether oxygens (including phenoxy) is 1. The number of aryl methyl sites for hydroxylation is 1. The molecule has 0 saturated heterocycles. The molecule has 0 saturated carbocycles. The van der Waals surface area contributed by atoms with Crippen molar-refractivity contribution in [3.63, 3.8) is 0 Å². The molecule has 0 radical (unpaired) electrons. The summed E-state index contributed by atoms with van der Waals surface area (Å²) >= 11 is 0. The molecule has 1 aromatic rings. The van der Waals surface area contributed by atoms with Crippen LogP contribution in [0.5, 0.6) is 5.75 Å². The molecule has 5 heteroatoms. The van der Waals surface area contributed by atoms with Crippen LogP contribution < -0.4 is 9.88 Å². The Morgan fingerprint density at radius 2 is 2.24 bits per heavy atom. The molecule has 0 heterocycles. The van der Waals surface area contributed by atoms with Crippen molar-refractivity contribution in [1.29, 1.82) is 0 Å². The first-order valence-electron chi connectivity index (χ1n) is 5.32. The van der Waals surface area contributed by atoms with Crippen molar-refractivity contribution >= 4 is 16.7 Å². The average molecular weight is 254 g/mol. The highest BCUT2D eigenvalue weighted by molar-refractivity contribution is 7.82. The van der Waals surface area contributed by atoms with Crippen molar-refractivity contribution < 1.29 is 8.95 Å². The second kappa shape index (κ2) is 6.51. The fraction of sp³-hybridized carbons (Fsp3) is 0.417. The molecule has 0 amide bonds. The molecular formula is C12H18N2O2S. The lowest BCUT2D eigenvalue weighted by Crippen LogP contribution is -2.10. The van der Waals surface area contributed by atoms with E-state index < -0.39 is 11.0 Å². The fourth-order valence-corrected chi connectivity index (χ4v) is 1.97. The van der Waals surface area contributed by atoms with E-state index in [9.17, 15) is 4.21 Å². The zero-order chi connectivity index (χ0) is 12.8. The summed E-state index contributed by atoms with van der Waals surface area (Å²) in [4.78, 5) is 4.14. The minimum atomic E-state index is -1.25. The summed E-state index contributed by atoms with van der Waals surface area (Å²) in [6.45, 7) is 1.94. The largest absolute Gasteiger partial charge is 0.496 e. The minimum Gasteiger partial charge on any atom is -0.496 e. The van der Waals surface area contributed by atoms with E-state index in [0.717, 1.165) is 22.6 Å². The maximum atomic E-state index is 10.8. The van der Waals surface area contributed by atoms with Crippen LogP contribution in [-0.2, 0) is 17.4 Å². The highest BCUT2D eigenvalue weighted by Crippen LogP contribution is 2.21. The second-order valence-corrected chi connectivity index (χ2v) is 4.85. The number of hydrogen-bond donors (Lipinski definition) is 1. The number of rotatable bonds is 5. The van der Waals surface area contributed by atoms with E-state index in [1.54, 1.807) is 14.2 Å². The van der Waals surface area contributed by atoms with Gasteiger partial charge in [0.15, 0.2) is 0 Å². The first-order valence-corrected chi connectivity index (χ1v) is 6.70. The Kier molecular flexibility index (Phi) is 5.31. The number of aliphatic imine (C=N–C) groups is 1. The number of methoxy groups -OCH3 is 1. The zero-order valence-electron chi connectivity index (χ0n) is 10.4. The third kappa shape index (κ3) is 3.94. The van der Waals surface area contributed by atoms with E-state index >= 15 is 0 Å². The molecule has 17 heavy (non-hydrogen) atoms. The van der Waals surface area contributed by atoms with Gasteiger partial charge in [0.25, 0.3) is 0 Å². The van der Waals surface area contributed by atoms with Gasteiger partial charge in [-0.05, 0) is 31.0 Å². The standard InChI is InChI=1S/C12H18N2O2S/c1-9(14-2)11-5-4-10(6-7-17(13)15)8-12(11)16-3/h4-5,8H,6-7,13H2,1-3H3. The molecule has 0 aliphatic heterocycles. The first kappa shape index (κ1) is 13.9. The molecule has 0 fully saturated rings. The third-order valence-corrected chi connectivity index (χ3v) is 3.19. The van der Waals surface area contributed by atoms with Crippen LogP contribution in [-0.4, -0.2) is 29.8 Å². The second-order valence-electron chi connectivity index (χ2n) is 3.68. The molecule has 2 N–H and O–H groups in total. The number of nitrogens with two attached hydrogens (primary N) is 1. The Balaban J connectivity index is 2.96. The molecule has 0 bridgehead atoms. The summed E-state index contributed by atoms with van der Waals surface area (Å²) in [5.74, 6) is 1.25. The lowest BCUT2D eigenvalue weighted by Gasteiger charge is -2.10. The van der Waals surface area contributed by atoms with E-state index in [1.165, 1.54) is 0 Å². The Bertz CT molecular complexity index is 444.